The van der Waals surface area contributed by atoms with Crippen molar-refractivity contribution in [3.8, 4) is 0 Å². The third-order valence-corrected chi connectivity index (χ3v) is 5.51. The van der Waals surface area contributed by atoms with Crippen molar-refractivity contribution < 1.29 is 14.7 Å². The molecule has 1 aliphatic heterocycles. The van der Waals surface area contributed by atoms with E-state index in [1.807, 2.05) is 43.3 Å². The number of aliphatic carboxylic acids is 1. The number of amides is 1. The van der Waals surface area contributed by atoms with Crippen LogP contribution in [0.25, 0.3) is 0 Å². The van der Waals surface area contributed by atoms with E-state index in [0.29, 0.717) is 21.6 Å². The lowest BCUT2D eigenvalue weighted by Crippen LogP contribution is -2.32. The number of halogens is 1. The highest BCUT2D eigenvalue weighted by molar-refractivity contribution is 8.16. The second-order valence-corrected chi connectivity index (χ2v) is 7.89. The number of hydrogen-bond acceptors (Lipinski definition) is 5. The highest BCUT2D eigenvalue weighted by atomic mass is 35.5. The van der Waals surface area contributed by atoms with Crippen LogP contribution in [0, 0.1) is 6.92 Å². The number of carbonyl (C=O) groups is 2. The van der Waals surface area contributed by atoms with E-state index in [-0.39, 0.29) is 12.3 Å². The topological polar surface area (TPSA) is 82.3 Å². The minimum absolute atomic E-state index is 0.273. The van der Waals surface area contributed by atoms with Crippen LogP contribution in [0.5, 0.6) is 0 Å². The van der Waals surface area contributed by atoms with Gasteiger partial charge in [0.05, 0.1) is 17.8 Å². The third-order valence-electron chi connectivity index (χ3n) is 4.13. The number of amidine groups is 1. The molecule has 1 fully saturated rings. The van der Waals surface area contributed by atoms with E-state index in [1.54, 1.807) is 19.1 Å². The summed E-state index contributed by atoms with van der Waals surface area (Å²) in [7, 11) is 0. The van der Waals surface area contributed by atoms with E-state index in [2.05, 4.69) is 10.2 Å². The van der Waals surface area contributed by atoms with Gasteiger partial charge in [0, 0.05) is 5.02 Å². The van der Waals surface area contributed by atoms with Crippen molar-refractivity contribution in [2.45, 2.75) is 25.5 Å². The molecule has 6 nitrogen and oxygen atoms in total. The molecule has 3 rings (SSSR count). The van der Waals surface area contributed by atoms with Crippen LogP contribution in [-0.4, -0.2) is 33.1 Å². The number of aryl methyl sites for hydroxylation is 1. The molecule has 0 radical (unpaired) electrons. The molecule has 28 heavy (non-hydrogen) atoms. The Bertz CT molecular complexity index is 956. The first-order chi connectivity index (χ1) is 13.3. The lowest BCUT2D eigenvalue weighted by Gasteiger charge is -2.16. The van der Waals surface area contributed by atoms with E-state index in [4.69, 9.17) is 16.7 Å². The molecule has 0 bridgehead atoms. The van der Waals surface area contributed by atoms with Crippen molar-refractivity contribution in [1.82, 2.24) is 0 Å². The van der Waals surface area contributed by atoms with Gasteiger partial charge in [-0.3, -0.25) is 14.5 Å². The quantitative estimate of drug-likeness (QED) is 0.581. The number of hydrogen-bond donors (Lipinski definition) is 1. The van der Waals surface area contributed by atoms with E-state index in [1.165, 1.54) is 4.90 Å². The van der Waals surface area contributed by atoms with Crippen LogP contribution in [0.15, 0.2) is 58.7 Å². The zero-order chi connectivity index (χ0) is 20.3. The lowest BCUT2D eigenvalue weighted by molar-refractivity contribution is -0.138. The number of carbonyl (C=O) groups excluding carboxylic acids is 1. The van der Waals surface area contributed by atoms with Gasteiger partial charge in [0.2, 0.25) is 5.91 Å². The number of benzene rings is 2. The summed E-state index contributed by atoms with van der Waals surface area (Å²) in [5.74, 6) is -1.34. The predicted octanol–water partition coefficient (Wildman–Crippen LogP) is 4.35. The standard InChI is InChI=1S/C20H18ClN3O3S/c1-12-3-9-16(10-4-12)24-19(27)17(11-18(25)26)28-20(24)23-22-13(2)14-5-7-15(21)8-6-14/h3-10,17H,11H2,1-2H3,(H,25,26)/b22-13+,23-20+/t17-/m1/s1. The molecule has 0 aromatic heterocycles. The molecule has 1 heterocycles. The van der Waals surface area contributed by atoms with Crippen molar-refractivity contribution in [2.75, 3.05) is 4.90 Å². The van der Waals surface area contributed by atoms with Gasteiger partial charge in [-0.2, -0.15) is 5.10 Å². The van der Waals surface area contributed by atoms with Gasteiger partial charge in [-0.05, 0) is 43.7 Å². The van der Waals surface area contributed by atoms with Crippen LogP contribution in [0.2, 0.25) is 5.02 Å². The SMILES string of the molecule is C/C(=N\N=C1\S[C@H](CC(=O)O)C(=O)N1c1ccc(C)cc1)c1ccc(Cl)cc1. The van der Waals surface area contributed by atoms with E-state index < -0.39 is 11.2 Å². The lowest BCUT2D eigenvalue weighted by atomic mass is 10.1. The fraction of sp³-hybridized carbons (Fsp3) is 0.200. The maximum Gasteiger partial charge on any atom is 0.305 e. The monoisotopic (exact) mass is 415 g/mol. The maximum absolute atomic E-state index is 12.8. The van der Waals surface area contributed by atoms with Crippen molar-refractivity contribution in [1.29, 1.82) is 0 Å². The Hall–Kier alpha value is -2.64. The van der Waals surface area contributed by atoms with Crippen molar-refractivity contribution >= 4 is 51.8 Å². The molecule has 144 valence electrons. The van der Waals surface area contributed by atoms with Crippen LogP contribution in [0.4, 0.5) is 5.69 Å². The highest BCUT2D eigenvalue weighted by Gasteiger charge is 2.40. The Kier molecular flexibility index (Phi) is 6.16. The van der Waals surface area contributed by atoms with Crippen LogP contribution in [-0.2, 0) is 9.59 Å². The number of thioether (sulfide) groups is 1. The zero-order valence-electron chi connectivity index (χ0n) is 15.3. The summed E-state index contributed by atoms with van der Waals surface area (Å²) in [6.45, 7) is 3.76. The van der Waals surface area contributed by atoms with Crippen LogP contribution >= 0.6 is 23.4 Å². The number of anilines is 1. The van der Waals surface area contributed by atoms with Crippen LogP contribution in [0.3, 0.4) is 0 Å². The van der Waals surface area contributed by atoms with Crippen molar-refractivity contribution in [3.05, 3.63) is 64.7 Å². The van der Waals surface area contributed by atoms with E-state index >= 15 is 0 Å². The van der Waals surface area contributed by atoms with Crippen molar-refractivity contribution in [2.24, 2.45) is 10.2 Å². The first-order valence-corrected chi connectivity index (χ1v) is 9.78. The molecule has 1 N–H and O–H groups in total. The summed E-state index contributed by atoms with van der Waals surface area (Å²) in [6, 6.07) is 14.6. The fourth-order valence-electron chi connectivity index (χ4n) is 2.62. The van der Waals surface area contributed by atoms with Gasteiger partial charge in [0.1, 0.15) is 5.25 Å². The Balaban J connectivity index is 1.94. The summed E-state index contributed by atoms with van der Waals surface area (Å²) in [5, 5.41) is 17.9. The molecule has 0 spiro atoms. The Morgan fingerprint density at radius 3 is 2.43 bits per heavy atom. The van der Waals surface area contributed by atoms with Gasteiger partial charge in [0.15, 0.2) is 5.17 Å². The summed E-state index contributed by atoms with van der Waals surface area (Å²) in [5.41, 5.74) is 3.20. The zero-order valence-corrected chi connectivity index (χ0v) is 16.9. The third kappa shape index (κ3) is 4.61. The van der Waals surface area contributed by atoms with Crippen molar-refractivity contribution in [3.63, 3.8) is 0 Å². The molecular weight excluding hydrogens is 398 g/mol. The summed E-state index contributed by atoms with van der Waals surface area (Å²) in [6.07, 6.45) is -0.273. The Morgan fingerprint density at radius 2 is 1.82 bits per heavy atom. The molecule has 1 amide bonds. The summed E-state index contributed by atoms with van der Waals surface area (Å²) >= 11 is 7.02. The van der Waals surface area contributed by atoms with Crippen LogP contribution in [0.1, 0.15) is 24.5 Å². The van der Waals surface area contributed by atoms with E-state index in [9.17, 15) is 9.59 Å². The second kappa shape index (κ2) is 8.58. The highest BCUT2D eigenvalue weighted by Crippen LogP contribution is 2.34. The number of nitrogens with zero attached hydrogens (tertiary/aromatic N) is 3. The molecule has 1 aliphatic rings. The fourth-order valence-corrected chi connectivity index (χ4v) is 3.82. The predicted molar refractivity (Wildman–Crippen MR) is 113 cm³/mol. The minimum atomic E-state index is -1.03. The molecule has 2 aromatic rings. The van der Waals surface area contributed by atoms with E-state index in [0.717, 1.165) is 22.9 Å². The molecule has 8 heteroatoms. The van der Waals surface area contributed by atoms with Gasteiger partial charge >= 0.3 is 5.97 Å². The summed E-state index contributed by atoms with van der Waals surface area (Å²) in [4.78, 5) is 25.3. The minimum Gasteiger partial charge on any atom is -0.481 e. The Labute approximate surface area is 171 Å². The average molecular weight is 416 g/mol. The first-order valence-electron chi connectivity index (χ1n) is 8.52. The smallest absolute Gasteiger partial charge is 0.305 e. The van der Waals surface area contributed by atoms with Gasteiger partial charge in [-0.1, -0.05) is 53.2 Å². The number of rotatable bonds is 5. The second-order valence-electron chi connectivity index (χ2n) is 6.29. The number of carboxylic acid groups (broad SMARTS) is 1. The number of carboxylic acids is 1. The maximum atomic E-state index is 12.8. The molecule has 1 atom stereocenters. The van der Waals surface area contributed by atoms with Gasteiger partial charge < -0.3 is 5.11 Å². The largest absolute Gasteiger partial charge is 0.481 e. The van der Waals surface area contributed by atoms with Gasteiger partial charge in [-0.25, -0.2) is 0 Å². The summed E-state index contributed by atoms with van der Waals surface area (Å²) < 4.78 is 0. The molecule has 0 unspecified atom stereocenters. The average Bonchev–Trinajstić information content (AvgIpc) is 2.96. The molecule has 2 aromatic carbocycles. The Morgan fingerprint density at radius 1 is 1.18 bits per heavy atom. The van der Waals surface area contributed by atoms with Gasteiger partial charge in [0.25, 0.3) is 0 Å². The van der Waals surface area contributed by atoms with Gasteiger partial charge in [-0.15, -0.1) is 5.10 Å². The molecule has 1 saturated heterocycles. The van der Waals surface area contributed by atoms with Crippen LogP contribution < -0.4 is 4.90 Å². The normalized spacial score (nSPS) is 18.8. The molecular formula is C20H18ClN3O3S. The molecule has 0 aliphatic carbocycles. The first kappa shape index (κ1) is 20.1. The molecule has 0 saturated carbocycles.